The van der Waals surface area contributed by atoms with Crippen LogP contribution in [0.15, 0.2) is 89.8 Å². The fourth-order valence-corrected chi connectivity index (χ4v) is 4.43. The number of imide groups is 1. The van der Waals surface area contributed by atoms with Gasteiger partial charge in [-0.05, 0) is 28.8 Å². The lowest BCUT2D eigenvalue weighted by Crippen LogP contribution is -2.30. The van der Waals surface area contributed by atoms with Crippen LogP contribution in [0.3, 0.4) is 0 Å². The molecular formula is C25H21NO3S. The molecule has 0 fully saturated rings. The standard InChI is InChI=1S/C25H21NO3S/c1-29-21-14-12-20(13-15-21)22-23(30-17-19-10-6-3-7-11-19)25(28)26(24(22)27)16-18-8-4-2-5-9-18/h2-15H,16-17H2,1H3. The number of benzene rings is 3. The Morgan fingerprint density at radius 3 is 1.97 bits per heavy atom. The lowest BCUT2D eigenvalue weighted by Gasteiger charge is -2.15. The topological polar surface area (TPSA) is 46.6 Å². The van der Waals surface area contributed by atoms with Crippen LogP contribution >= 0.6 is 11.8 Å². The number of thioether (sulfide) groups is 1. The second-order valence-corrected chi connectivity index (χ2v) is 7.87. The first-order valence-electron chi connectivity index (χ1n) is 9.63. The molecule has 0 aromatic heterocycles. The van der Waals surface area contributed by atoms with E-state index in [2.05, 4.69) is 0 Å². The van der Waals surface area contributed by atoms with Gasteiger partial charge in [0.2, 0.25) is 0 Å². The van der Waals surface area contributed by atoms with Crippen molar-refractivity contribution in [3.63, 3.8) is 0 Å². The average molecular weight is 416 g/mol. The second kappa shape index (κ2) is 9.01. The molecule has 30 heavy (non-hydrogen) atoms. The van der Waals surface area contributed by atoms with Crippen molar-refractivity contribution >= 4 is 29.1 Å². The Morgan fingerprint density at radius 2 is 1.37 bits per heavy atom. The lowest BCUT2D eigenvalue weighted by atomic mass is 10.1. The maximum absolute atomic E-state index is 13.3. The highest BCUT2D eigenvalue weighted by Gasteiger charge is 2.39. The van der Waals surface area contributed by atoms with E-state index in [9.17, 15) is 9.59 Å². The third-order valence-corrected chi connectivity index (χ3v) is 6.06. The van der Waals surface area contributed by atoms with E-state index in [-0.39, 0.29) is 18.4 Å². The van der Waals surface area contributed by atoms with E-state index in [1.807, 2.05) is 72.8 Å². The SMILES string of the molecule is COc1ccc(C2=C(SCc3ccccc3)C(=O)N(Cc3ccccc3)C2=O)cc1. The molecule has 0 saturated heterocycles. The first-order valence-corrected chi connectivity index (χ1v) is 10.6. The van der Waals surface area contributed by atoms with Crippen LogP contribution in [0.1, 0.15) is 16.7 Å². The number of hydrogen-bond donors (Lipinski definition) is 0. The molecular weight excluding hydrogens is 394 g/mol. The number of hydrogen-bond acceptors (Lipinski definition) is 4. The molecule has 4 rings (SSSR count). The second-order valence-electron chi connectivity index (χ2n) is 6.89. The van der Waals surface area contributed by atoms with Gasteiger partial charge in [0.05, 0.1) is 24.1 Å². The fraction of sp³-hybridized carbons (Fsp3) is 0.120. The number of carbonyl (C=O) groups excluding carboxylic acids is 2. The van der Waals surface area contributed by atoms with Crippen LogP contribution < -0.4 is 4.74 Å². The maximum Gasteiger partial charge on any atom is 0.268 e. The Hall–Kier alpha value is -3.31. The van der Waals surface area contributed by atoms with Gasteiger partial charge >= 0.3 is 0 Å². The van der Waals surface area contributed by atoms with Gasteiger partial charge in [-0.25, -0.2) is 0 Å². The number of amides is 2. The molecule has 0 N–H and O–H groups in total. The molecule has 0 atom stereocenters. The summed E-state index contributed by atoms with van der Waals surface area (Å²) in [6.45, 7) is 0.257. The zero-order chi connectivity index (χ0) is 20.9. The van der Waals surface area contributed by atoms with Gasteiger partial charge in [-0.3, -0.25) is 14.5 Å². The van der Waals surface area contributed by atoms with Gasteiger partial charge in [-0.15, -0.1) is 11.8 Å². The van der Waals surface area contributed by atoms with Gasteiger partial charge in [0, 0.05) is 5.75 Å². The van der Waals surface area contributed by atoms with Crippen molar-refractivity contribution in [2.45, 2.75) is 12.3 Å². The molecule has 0 saturated carbocycles. The Balaban J connectivity index is 1.67. The molecule has 150 valence electrons. The normalized spacial score (nSPS) is 13.8. The van der Waals surface area contributed by atoms with Crippen molar-refractivity contribution in [3.05, 3.63) is 107 Å². The zero-order valence-corrected chi connectivity index (χ0v) is 17.4. The Kier molecular flexibility index (Phi) is 6.00. The highest BCUT2D eigenvalue weighted by Crippen LogP contribution is 2.38. The van der Waals surface area contributed by atoms with E-state index < -0.39 is 0 Å². The summed E-state index contributed by atoms with van der Waals surface area (Å²) in [6, 6.07) is 26.8. The van der Waals surface area contributed by atoms with Gasteiger partial charge in [-0.2, -0.15) is 0 Å². The van der Waals surface area contributed by atoms with Crippen molar-refractivity contribution in [1.29, 1.82) is 0 Å². The van der Waals surface area contributed by atoms with Crippen molar-refractivity contribution in [3.8, 4) is 5.75 Å². The number of carbonyl (C=O) groups is 2. The molecule has 0 radical (unpaired) electrons. The van der Waals surface area contributed by atoms with Crippen LogP contribution in [0.2, 0.25) is 0 Å². The molecule has 1 heterocycles. The zero-order valence-electron chi connectivity index (χ0n) is 16.6. The number of nitrogens with zero attached hydrogens (tertiary/aromatic N) is 1. The summed E-state index contributed by atoms with van der Waals surface area (Å²) in [4.78, 5) is 28.4. The van der Waals surface area contributed by atoms with Crippen LogP contribution in [0.5, 0.6) is 5.75 Å². The average Bonchev–Trinajstić information content (AvgIpc) is 3.03. The van der Waals surface area contributed by atoms with Crippen molar-refractivity contribution in [2.75, 3.05) is 7.11 Å². The molecule has 3 aromatic rings. The van der Waals surface area contributed by atoms with Gasteiger partial charge < -0.3 is 4.74 Å². The Morgan fingerprint density at radius 1 is 0.767 bits per heavy atom. The molecule has 0 bridgehead atoms. The largest absolute Gasteiger partial charge is 0.497 e. The smallest absolute Gasteiger partial charge is 0.268 e. The summed E-state index contributed by atoms with van der Waals surface area (Å²) in [7, 11) is 1.60. The van der Waals surface area contributed by atoms with E-state index in [1.165, 1.54) is 16.7 Å². The van der Waals surface area contributed by atoms with Crippen LogP contribution in [0, 0.1) is 0 Å². The molecule has 0 unspecified atom stereocenters. The predicted molar refractivity (Wildman–Crippen MR) is 120 cm³/mol. The first-order chi connectivity index (χ1) is 14.7. The molecule has 1 aliphatic heterocycles. The van der Waals surface area contributed by atoms with E-state index in [0.717, 1.165) is 16.7 Å². The molecule has 0 spiro atoms. The number of ether oxygens (including phenoxy) is 1. The van der Waals surface area contributed by atoms with E-state index in [4.69, 9.17) is 4.74 Å². The quantitative estimate of drug-likeness (QED) is 0.515. The molecule has 1 aliphatic rings. The minimum absolute atomic E-state index is 0.240. The number of methoxy groups -OCH3 is 1. The van der Waals surface area contributed by atoms with E-state index >= 15 is 0 Å². The molecule has 3 aromatic carbocycles. The van der Waals surface area contributed by atoms with Gasteiger partial charge in [0.1, 0.15) is 5.75 Å². The summed E-state index contributed by atoms with van der Waals surface area (Å²) in [5.74, 6) is 0.824. The van der Waals surface area contributed by atoms with E-state index in [0.29, 0.717) is 22.0 Å². The summed E-state index contributed by atoms with van der Waals surface area (Å²) in [6.07, 6.45) is 0. The number of rotatable bonds is 7. The maximum atomic E-state index is 13.3. The molecule has 5 heteroatoms. The summed E-state index contributed by atoms with van der Waals surface area (Å²) in [5, 5.41) is 0. The highest BCUT2D eigenvalue weighted by molar-refractivity contribution is 8.03. The van der Waals surface area contributed by atoms with Crippen LogP contribution in [-0.4, -0.2) is 23.8 Å². The van der Waals surface area contributed by atoms with E-state index in [1.54, 1.807) is 19.2 Å². The van der Waals surface area contributed by atoms with Crippen LogP contribution in [0.4, 0.5) is 0 Å². The van der Waals surface area contributed by atoms with Crippen molar-refractivity contribution in [1.82, 2.24) is 4.90 Å². The molecule has 4 nitrogen and oxygen atoms in total. The van der Waals surface area contributed by atoms with Crippen LogP contribution in [-0.2, 0) is 21.9 Å². The minimum Gasteiger partial charge on any atom is -0.497 e. The third kappa shape index (κ3) is 4.16. The predicted octanol–water partition coefficient (Wildman–Crippen LogP) is 4.91. The minimum atomic E-state index is -0.260. The molecule has 0 aliphatic carbocycles. The van der Waals surface area contributed by atoms with Gasteiger partial charge in [-0.1, -0.05) is 72.8 Å². The van der Waals surface area contributed by atoms with Crippen molar-refractivity contribution < 1.29 is 14.3 Å². The fourth-order valence-electron chi connectivity index (χ4n) is 3.34. The van der Waals surface area contributed by atoms with Crippen LogP contribution in [0.25, 0.3) is 5.57 Å². The first kappa shape index (κ1) is 20.0. The Bertz CT molecular complexity index is 1080. The van der Waals surface area contributed by atoms with Gasteiger partial charge in [0.25, 0.3) is 11.8 Å². The summed E-state index contributed by atoms with van der Waals surface area (Å²) >= 11 is 1.41. The molecule has 2 amide bonds. The monoisotopic (exact) mass is 415 g/mol. The van der Waals surface area contributed by atoms with Crippen molar-refractivity contribution in [2.24, 2.45) is 0 Å². The Labute approximate surface area is 180 Å². The summed E-state index contributed by atoms with van der Waals surface area (Å²) < 4.78 is 5.23. The summed E-state index contributed by atoms with van der Waals surface area (Å²) in [5.41, 5.74) is 3.20. The lowest BCUT2D eigenvalue weighted by molar-refractivity contribution is -0.137. The third-order valence-electron chi connectivity index (χ3n) is 4.91. The highest BCUT2D eigenvalue weighted by atomic mass is 32.2. The van der Waals surface area contributed by atoms with Gasteiger partial charge in [0.15, 0.2) is 0 Å².